The van der Waals surface area contributed by atoms with Crippen LogP contribution >= 0.6 is 0 Å². The molecule has 0 saturated carbocycles. The van der Waals surface area contributed by atoms with E-state index in [0.29, 0.717) is 11.1 Å². The van der Waals surface area contributed by atoms with Gasteiger partial charge in [-0.15, -0.1) is 0 Å². The molecule has 1 saturated heterocycles. The zero-order valence-electron chi connectivity index (χ0n) is 13.3. The monoisotopic (exact) mass is 319 g/mol. The van der Waals surface area contributed by atoms with Crippen molar-refractivity contribution in [3.63, 3.8) is 0 Å². The van der Waals surface area contributed by atoms with E-state index >= 15 is 0 Å². The molecule has 0 bridgehead atoms. The van der Waals surface area contributed by atoms with E-state index in [0.717, 1.165) is 24.2 Å². The maximum Gasteiger partial charge on any atom is 0.336 e. The number of hydrogen-bond acceptors (Lipinski definition) is 6. The number of aliphatic hydroxyl groups excluding tert-OH is 1. The largest absolute Gasteiger partial charge is 0.423 e. The van der Waals surface area contributed by atoms with Gasteiger partial charge in [0.1, 0.15) is 11.7 Å². The summed E-state index contributed by atoms with van der Waals surface area (Å²) in [6.07, 6.45) is -1.30. The average Bonchev–Trinajstić information content (AvgIpc) is 2.55. The molecular weight excluding hydrogens is 298 g/mol. The van der Waals surface area contributed by atoms with Gasteiger partial charge < -0.3 is 23.9 Å². The van der Waals surface area contributed by atoms with Crippen LogP contribution in [0.3, 0.4) is 0 Å². The van der Waals surface area contributed by atoms with Gasteiger partial charge in [-0.05, 0) is 26.0 Å². The summed E-state index contributed by atoms with van der Waals surface area (Å²) in [5, 5.41) is 10.2. The lowest BCUT2D eigenvalue weighted by atomic mass is 10.1. The van der Waals surface area contributed by atoms with Crippen molar-refractivity contribution in [3.05, 3.63) is 40.2 Å². The summed E-state index contributed by atoms with van der Waals surface area (Å²) in [7, 11) is 0. The maximum atomic E-state index is 11.9. The van der Waals surface area contributed by atoms with Crippen LogP contribution in [0.1, 0.15) is 25.7 Å². The highest BCUT2D eigenvalue weighted by molar-refractivity contribution is 5.84. The molecule has 1 fully saturated rings. The number of rotatable bonds is 4. The van der Waals surface area contributed by atoms with E-state index in [2.05, 4.69) is 18.7 Å². The van der Waals surface area contributed by atoms with Gasteiger partial charge in [0.05, 0.1) is 13.2 Å². The van der Waals surface area contributed by atoms with Crippen LogP contribution in [0.5, 0.6) is 0 Å². The van der Waals surface area contributed by atoms with Gasteiger partial charge in [0.15, 0.2) is 6.29 Å². The smallest absolute Gasteiger partial charge is 0.336 e. The molecule has 0 aliphatic carbocycles. The predicted octanol–water partition coefficient (Wildman–Crippen LogP) is 2.05. The standard InChI is InChI=1S/C17H21NO5/c1-3-18(4-2)11-5-6-13-14(8-16(20)23-15(13)7-11)17-21-9-12(19)10-22-17/h5-8,12,17,19H,3-4,9-10H2,1-2H3. The van der Waals surface area contributed by atoms with Crippen molar-refractivity contribution in [3.8, 4) is 0 Å². The second-order valence-corrected chi connectivity index (χ2v) is 5.53. The molecule has 6 heteroatoms. The van der Waals surface area contributed by atoms with Gasteiger partial charge in [-0.1, -0.05) is 0 Å². The first kappa shape index (κ1) is 16.0. The van der Waals surface area contributed by atoms with Crippen molar-refractivity contribution in [2.24, 2.45) is 0 Å². The van der Waals surface area contributed by atoms with Crippen molar-refractivity contribution in [2.45, 2.75) is 26.2 Å². The quantitative estimate of drug-likeness (QED) is 0.870. The topological polar surface area (TPSA) is 72.1 Å². The van der Waals surface area contributed by atoms with Crippen molar-refractivity contribution in [1.29, 1.82) is 0 Å². The molecule has 0 unspecified atom stereocenters. The van der Waals surface area contributed by atoms with E-state index in [4.69, 9.17) is 13.9 Å². The second kappa shape index (κ2) is 6.70. The molecular formula is C17H21NO5. The Morgan fingerprint density at radius 2 is 1.87 bits per heavy atom. The molecule has 23 heavy (non-hydrogen) atoms. The second-order valence-electron chi connectivity index (χ2n) is 5.53. The molecule has 1 aromatic heterocycles. The van der Waals surface area contributed by atoms with Gasteiger partial charge in [0, 0.05) is 41.9 Å². The molecule has 0 spiro atoms. The lowest BCUT2D eigenvalue weighted by Crippen LogP contribution is -2.31. The molecule has 1 aromatic carbocycles. The maximum absolute atomic E-state index is 11.9. The minimum absolute atomic E-state index is 0.184. The summed E-state index contributed by atoms with van der Waals surface area (Å²) in [6, 6.07) is 7.17. The van der Waals surface area contributed by atoms with Gasteiger partial charge in [-0.3, -0.25) is 0 Å². The minimum atomic E-state index is -0.663. The predicted molar refractivity (Wildman–Crippen MR) is 86.7 cm³/mol. The molecule has 1 N–H and O–H groups in total. The Balaban J connectivity index is 2.04. The van der Waals surface area contributed by atoms with E-state index in [1.165, 1.54) is 6.07 Å². The first-order valence-corrected chi connectivity index (χ1v) is 7.86. The van der Waals surface area contributed by atoms with Gasteiger partial charge in [0.2, 0.25) is 0 Å². The third kappa shape index (κ3) is 3.24. The number of fused-ring (bicyclic) bond motifs is 1. The molecule has 1 aliphatic heterocycles. The molecule has 0 radical (unpaired) electrons. The van der Waals surface area contributed by atoms with Crippen LogP contribution in [0.2, 0.25) is 0 Å². The van der Waals surface area contributed by atoms with Crippen LogP contribution in [-0.4, -0.2) is 37.5 Å². The van der Waals surface area contributed by atoms with Crippen LogP contribution in [0.15, 0.2) is 33.5 Å². The van der Waals surface area contributed by atoms with Crippen LogP contribution in [-0.2, 0) is 9.47 Å². The first-order chi connectivity index (χ1) is 11.1. The summed E-state index contributed by atoms with van der Waals surface area (Å²) in [4.78, 5) is 14.1. The highest BCUT2D eigenvalue weighted by atomic mass is 16.7. The lowest BCUT2D eigenvalue weighted by molar-refractivity contribution is -0.220. The molecule has 124 valence electrons. The Bertz CT molecular complexity index is 729. The summed E-state index contributed by atoms with van der Waals surface area (Å²) in [5.41, 5.74) is 1.70. The Morgan fingerprint density at radius 1 is 1.17 bits per heavy atom. The number of hydrogen-bond donors (Lipinski definition) is 1. The molecule has 0 atom stereocenters. The van der Waals surface area contributed by atoms with E-state index in [-0.39, 0.29) is 13.2 Å². The SMILES string of the molecule is CCN(CC)c1ccc2c(C3OCC(O)CO3)cc(=O)oc2c1. The molecule has 6 nitrogen and oxygen atoms in total. The van der Waals surface area contributed by atoms with E-state index < -0.39 is 18.0 Å². The molecule has 2 heterocycles. The van der Waals surface area contributed by atoms with Crippen LogP contribution in [0.25, 0.3) is 11.0 Å². The number of benzene rings is 1. The van der Waals surface area contributed by atoms with Crippen LogP contribution in [0.4, 0.5) is 5.69 Å². The molecule has 1 aliphatic rings. The van der Waals surface area contributed by atoms with Gasteiger partial charge in [-0.25, -0.2) is 4.79 Å². The fourth-order valence-corrected chi connectivity index (χ4v) is 2.83. The Labute approximate surface area is 134 Å². The number of anilines is 1. The Morgan fingerprint density at radius 3 is 2.52 bits per heavy atom. The third-order valence-electron chi connectivity index (χ3n) is 4.02. The third-order valence-corrected chi connectivity index (χ3v) is 4.02. The average molecular weight is 319 g/mol. The zero-order valence-corrected chi connectivity index (χ0v) is 13.3. The summed E-state index contributed by atoms with van der Waals surface area (Å²) in [6.45, 7) is 6.27. The number of aliphatic hydroxyl groups is 1. The minimum Gasteiger partial charge on any atom is -0.423 e. The summed E-state index contributed by atoms with van der Waals surface area (Å²) >= 11 is 0. The summed E-state index contributed by atoms with van der Waals surface area (Å²) in [5.74, 6) is 0. The van der Waals surface area contributed by atoms with Crippen molar-refractivity contribution >= 4 is 16.7 Å². The molecule has 2 aromatic rings. The molecule has 3 rings (SSSR count). The highest BCUT2D eigenvalue weighted by Crippen LogP contribution is 2.30. The Hall–Kier alpha value is -1.89. The fourth-order valence-electron chi connectivity index (χ4n) is 2.83. The lowest BCUT2D eigenvalue weighted by Gasteiger charge is -2.27. The number of ether oxygens (including phenoxy) is 2. The van der Waals surface area contributed by atoms with Crippen LogP contribution in [0, 0.1) is 0 Å². The van der Waals surface area contributed by atoms with Gasteiger partial charge in [0.25, 0.3) is 0 Å². The van der Waals surface area contributed by atoms with E-state index in [1.807, 2.05) is 18.2 Å². The zero-order chi connectivity index (χ0) is 16.4. The normalized spacial score (nSPS) is 21.5. The van der Waals surface area contributed by atoms with E-state index in [1.54, 1.807) is 0 Å². The van der Waals surface area contributed by atoms with Gasteiger partial charge in [-0.2, -0.15) is 0 Å². The van der Waals surface area contributed by atoms with Crippen molar-refractivity contribution < 1.29 is 19.0 Å². The first-order valence-electron chi connectivity index (χ1n) is 7.86. The summed E-state index contributed by atoms with van der Waals surface area (Å²) < 4.78 is 16.3. The van der Waals surface area contributed by atoms with E-state index in [9.17, 15) is 9.90 Å². The van der Waals surface area contributed by atoms with Crippen molar-refractivity contribution in [1.82, 2.24) is 0 Å². The fraction of sp³-hybridized carbons (Fsp3) is 0.471. The van der Waals surface area contributed by atoms with Gasteiger partial charge >= 0.3 is 5.63 Å². The van der Waals surface area contributed by atoms with Crippen molar-refractivity contribution in [2.75, 3.05) is 31.2 Å². The van der Waals surface area contributed by atoms with Crippen LogP contribution < -0.4 is 10.5 Å². The number of nitrogens with zero attached hydrogens (tertiary/aromatic N) is 1. The Kier molecular flexibility index (Phi) is 4.66. The molecule has 0 amide bonds. The highest BCUT2D eigenvalue weighted by Gasteiger charge is 2.24.